The first-order valence-corrected chi connectivity index (χ1v) is 10.1. The molecule has 138 valence electrons. The Hall–Kier alpha value is -1.43. The number of amides is 1. The zero-order valence-corrected chi connectivity index (χ0v) is 15.4. The second-order valence-corrected chi connectivity index (χ2v) is 8.33. The van der Waals surface area contributed by atoms with E-state index in [2.05, 4.69) is 26.8 Å². The van der Waals surface area contributed by atoms with Crippen molar-refractivity contribution < 1.29 is 4.79 Å². The van der Waals surface area contributed by atoms with Crippen LogP contribution in [-0.2, 0) is 11.3 Å². The Morgan fingerprint density at radius 1 is 1.12 bits per heavy atom. The molecule has 1 amide bonds. The van der Waals surface area contributed by atoms with Gasteiger partial charge in [-0.1, -0.05) is 6.92 Å². The number of carbonyl (C=O) groups is 1. The molecule has 1 aromatic heterocycles. The molecule has 2 saturated carbocycles. The van der Waals surface area contributed by atoms with Crippen molar-refractivity contribution in [2.75, 3.05) is 13.1 Å². The van der Waals surface area contributed by atoms with Gasteiger partial charge >= 0.3 is 0 Å². The van der Waals surface area contributed by atoms with E-state index >= 15 is 0 Å². The largest absolute Gasteiger partial charge is 0.336 e. The van der Waals surface area contributed by atoms with E-state index in [-0.39, 0.29) is 0 Å². The third-order valence-electron chi connectivity index (χ3n) is 6.31. The zero-order chi connectivity index (χ0) is 17.2. The first-order valence-electron chi connectivity index (χ1n) is 10.1. The van der Waals surface area contributed by atoms with Crippen LogP contribution in [0.3, 0.4) is 0 Å². The van der Waals surface area contributed by atoms with Crippen LogP contribution in [0.25, 0.3) is 0 Å². The number of aromatic nitrogens is 3. The topological polar surface area (TPSA) is 54.3 Å². The van der Waals surface area contributed by atoms with Crippen molar-refractivity contribution >= 4 is 5.91 Å². The maximum absolute atomic E-state index is 13.2. The van der Waals surface area contributed by atoms with Crippen molar-refractivity contribution in [1.29, 1.82) is 0 Å². The molecule has 6 nitrogen and oxygen atoms in total. The Morgan fingerprint density at radius 2 is 1.84 bits per heavy atom. The summed E-state index contributed by atoms with van der Waals surface area (Å²) in [5.41, 5.74) is 0. The molecule has 2 heterocycles. The molecule has 0 aromatic carbocycles. The lowest BCUT2D eigenvalue weighted by Gasteiger charge is -2.38. The van der Waals surface area contributed by atoms with Crippen molar-refractivity contribution in [2.24, 2.45) is 5.92 Å². The highest BCUT2D eigenvalue weighted by atomic mass is 16.2. The highest BCUT2D eigenvalue weighted by Crippen LogP contribution is 2.35. The fourth-order valence-electron chi connectivity index (χ4n) is 4.69. The Balaban J connectivity index is 1.37. The van der Waals surface area contributed by atoms with Gasteiger partial charge in [-0.05, 0) is 63.8 Å². The molecule has 3 aliphatic rings. The molecule has 1 saturated heterocycles. The molecule has 2 aliphatic carbocycles. The Kier molecular flexibility index (Phi) is 5.06. The first-order chi connectivity index (χ1) is 12.2. The van der Waals surface area contributed by atoms with Crippen LogP contribution in [0.15, 0.2) is 12.7 Å². The quantitative estimate of drug-likeness (QED) is 0.794. The minimum Gasteiger partial charge on any atom is -0.336 e. The Morgan fingerprint density at radius 3 is 2.48 bits per heavy atom. The monoisotopic (exact) mass is 345 g/mol. The van der Waals surface area contributed by atoms with Crippen LogP contribution in [0.2, 0.25) is 0 Å². The maximum atomic E-state index is 13.2. The van der Waals surface area contributed by atoms with Crippen LogP contribution >= 0.6 is 0 Å². The average Bonchev–Trinajstić information content (AvgIpc) is 3.12. The van der Waals surface area contributed by atoms with Gasteiger partial charge in [0, 0.05) is 18.1 Å². The van der Waals surface area contributed by atoms with Crippen LogP contribution in [0.1, 0.15) is 58.3 Å². The molecule has 0 N–H and O–H groups in total. The van der Waals surface area contributed by atoms with E-state index in [0.29, 0.717) is 30.6 Å². The second-order valence-electron chi connectivity index (χ2n) is 8.33. The standard InChI is InChI=1S/C19H31N5O/c1-15-4-6-16(7-5-15)24(17-8-9-17)19(25)12-22-10-2-3-18(22)11-23-14-20-13-21-23/h13-18H,2-12H2,1H3/t15?,16?,18-/m1/s1. The summed E-state index contributed by atoms with van der Waals surface area (Å²) in [6.45, 7) is 4.81. The van der Waals surface area contributed by atoms with Gasteiger partial charge in [0.15, 0.2) is 0 Å². The molecule has 0 unspecified atom stereocenters. The highest BCUT2D eigenvalue weighted by molar-refractivity contribution is 5.79. The Bertz CT molecular complexity index is 562. The van der Waals surface area contributed by atoms with Crippen molar-refractivity contribution in [3.8, 4) is 0 Å². The molecule has 25 heavy (non-hydrogen) atoms. The molecule has 4 rings (SSSR count). The molecule has 6 heteroatoms. The van der Waals surface area contributed by atoms with E-state index in [1.165, 1.54) is 44.9 Å². The summed E-state index contributed by atoms with van der Waals surface area (Å²) in [6, 6.07) is 1.44. The van der Waals surface area contributed by atoms with Crippen molar-refractivity contribution in [1.82, 2.24) is 24.6 Å². The van der Waals surface area contributed by atoms with Gasteiger partial charge < -0.3 is 4.90 Å². The lowest BCUT2D eigenvalue weighted by Crippen LogP contribution is -2.49. The SMILES string of the molecule is CC1CCC(N(C(=O)CN2CCC[C@@H]2Cn2cncn2)C2CC2)CC1. The molecule has 0 bridgehead atoms. The van der Waals surface area contributed by atoms with E-state index in [9.17, 15) is 4.79 Å². The molecule has 1 aromatic rings. The number of hydrogen-bond donors (Lipinski definition) is 0. The third kappa shape index (κ3) is 4.05. The molecule has 0 spiro atoms. The molecular weight excluding hydrogens is 314 g/mol. The van der Waals surface area contributed by atoms with Crippen molar-refractivity contribution in [2.45, 2.75) is 83.0 Å². The first kappa shape index (κ1) is 17.0. The summed E-state index contributed by atoms with van der Waals surface area (Å²) in [5, 5.41) is 4.23. The summed E-state index contributed by atoms with van der Waals surface area (Å²) < 4.78 is 1.90. The lowest BCUT2D eigenvalue weighted by atomic mass is 9.86. The predicted molar refractivity (Wildman–Crippen MR) is 95.9 cm³/mol. The normalized spacial score (nSPS) is 30.5. The van der Waals surface area contributed by atoms with Crippen LogP contribution in [0.4, 0.5) is 0 Å². The number of hydrogen-bond acceptors (Lipinski definition) is 4. The minimum atomic E-state index is 0.368. The summed E-state index contributed by atoms with van der Waals surface area (Å²) in [5.74, 6) is 1.20. The fourth-order valence-corrected chi connectivity index (χ4v) is 4.69. The number of rotatable bonds is 6. The summed E-state index contributed by atoms with van der Waals surface area (Å²) in [4.78, 5) is 21.9. The smallest absolute Gasteiger partial charge is 0.237 e. The van der Waals surface area contributed by atoms with Crippen LogP contribution in [-0.4, -0.2) is 61.7 Å². The van der Waals surface area contributed by atoms with Gasteiger partial charge in [0.25, 0.3) is 0 Å². The molecular formula is C19H31N5O. The Labute approximate surface area is 150 Å². The number of nitrogens with zero attached hydrogens (tertiary/aromatic N) is 5. The van der Waals surface area contributed by atoms with Gasteiger partial charge in [-0.3, -0.25) is 14.4 Å². The van der Waals surface area contributed by atoms with Gasteiger partial charge in [0.2, 0.25) is 5.91 Å². The zero-order valence-electron chi connectivity index (χ0n) is 15.4. The van der Waals surface area contributed by atoms with E-state index in [4.69, 9.17) is 0 Å². The molecule has 3 fully saturated rings. The van der Waals surface area contributed by atoms with E-state index in [1.54, 1.807) is 12.7 Å². The van der Waals surface area contributed by atoms with Crippen LogP contribution < -0.4 is 0 Å². The second kappa shape index (κ2) is 7.44. The van der Waals surface area contributed by atoms with E-state index in [0.717, 1.165) is 25.4 Å². The van der Waals surface area contributed by atoms with Gasteiger partial charge in [-0.2, -0.15) is 5.10 Å². The van der Waals surface area contributed by atoms with Gasteiger partial charge in [0.1, 0.15) is 12.7 Å². The fraction of sp³-hybridized carbons (Fsp3) is 0.842. The molecule has 1 aliphatic heterocycles. The van der Waals surface area contributed by atoms with Crippen molar-refractivity contribution in [3.63, 3.8) is 0 Å². The highest BCUT2D eigenvalue weighted by Gasteiger charge is 2.39. The predicted octanol–water partition coefficient (Wildman–Crippen LogP) is 2.31. The van der Waals surface area contributed by atoms with Gasteiger partial charge in [-0.15, -0.1) is 0 Å². The molecule has 0 radical (unpaired) electrons. The molecule has 1 atom stereocenters. The number of carbonyl (C=O) groups excluding carboxylic acids is 1. The third-order valence-corrected chi connectivity index (χ3v) is 6.31. The van der Waals surface area contributed by atoms with E-state index < -0.39 is 0 Å². The summed E-state index contributed by atoms with van der Waals surface area (Å²) >= 11 is 0. The number of likely N-dealkylation sites (tertiary alicyclic amines) is 1. The summed E-state index contributed by atoms with van der Waals surface area (Å²) in [7, 11) is 0. The van der Waals surface area contributed by atoms with Gasteiger partial charge in [-0.25, -0.2) is 4.98 Å². The van der Waals surface area contributed by atoms with Crippen LogP contribution in [0.5, 0.6) is 0 Å². The van der Waals surface area contributed by atoms with Crippen LogP contribution in [0, 0.1) is 5.92 Å². The minimum absolute atomic E-state index is 0.368. The average molecular weight is 345 g/mol. The maximum Gasteiger partial charge on any atom is 0.237 e. The van der Waals surface area contributed by atoms with E-state index in [1.807, 2.05) is 4.68 Å². The summed E-state index contributed by atoms with van der Waals surface area (Å²) in [6.07, 6.45) is 13.1. The lowest BCUT2D eigenvalue weighted by molar-refractivity contribution is -0.136. The van der Waals surface area contributed by atoms with Crippen molar-refractivity contribution in [3.05, 3.63) is 12.7 Å². The van der Waals surface area contributed by atoms with Gasteiger partial charge in [0.05, 0.1) is 13.1 Å².